The number of carboxylic acid groups (broad SMARTS) is 1. The lowest BCUT2D eigenvalue weighted by Gasteiger charge is -2.03. The highest BCUT2D eigenvalue weighted by Gasteiger charge is 1.94. The van der Waals surface area contributed by atoms with Crippen molar-refractivity contribution in [1.82, 2.24) is 0 Å². The second kappa shape index (κ2) is 20.3. The van der Waals surface area contributed by atoms with Crippen molar-refractivity contribution >= 4 is 5.97 Å². The third-order valence-corrected chi connectivity index (χ3v) is 4.73. The zero-order valence-corrected chi connectivity index (χ0v) is 16.2. The van der Waals surface area contributed by atoms with Crippen molar-refractivity contribution in [2.75, 3.05) is 0 Å². The first-order chi connectivity index (χ1) is 11.8. The molecule has 0 radical (unpaired) electrons. The van der Waals surface area contributed by atoms with Crippen LogP contribution in [-0.2, 0) is 4.79 Å². The molecule has 0 bridgehead atoms. The van der Waals surface area contributed by atoms with E-state index in [1.165, 1.54) is 103 Å². The van der Waals surface area contributed by atoms with Crippen LogP contribution in [0.1, 0.15) is 122 Å². The van der Waals surface area contributed by atoms with Gasteiger partial charge in [-0.15, -0.1) is 0 Å². The number of hydrogen-bond donors (Lipinski definition) is 0. The van der Waals surface area contributed by atoms with E-state index in [9.17, 15) is 9.90 Å². The van der Waals surface area contributed by atoms with Crippen LogP contribution in [0, 0.1) is 0 Å². The van der Waals surface area contributed by atoms with E-state index in [4.69, 9.17) is 0 Å². The predicted octanol–water partition coefficient (Wildman–Crippen LogP) is 6.33. The Bertz CT molecular complexity index is 284. The molecule has 142 valence electrons. The van der Waals surface area contributed by atoms with E-state index in [1.807, 2.05) is 0 Å². The van der Waals surface area contributed by atoms with Crippen LogP contribution in [0.15, 0.2) is 12.2 Å². The Balaban J connectivity index is 3.01. The molecule has 0 atom stereocenters. The summed E-state index contributed by atoms with van der Waals surface area (Å²) in [4.78, 5) is 10.2. The van der Waals surface area contributed by atoms with E-state index < -0.39 is 5.97 Å². The van der Waals surface area contributed by atoms with Crippen LogP contribution >= 0.6 is 0 Å². The van der Waals surface area contributed by atoms with E-state index >= 15 is 0 Å². The highest BCUT2D eigenvalue weighted by atomic mass is 16.4. The molecule has 0 amide bonds. The van der Waals surface area contributed by atoms with Gasteiger partial charge in [0.2, 0.25) is 0 Å². The number of hydrogen-bond acceptors (Lipinski definition) is 2. The highest BCUT2D eigenvalue weighted by Crippen LogP contribution is 2.14. The van der Waals surface area contributed by atoms with E-state index in [0.717, 1.165) is 18.9 Å². The Morgan fingerprint density at radius 3 is 1.29 bits per heavy atom. The van der Waals surface area contributed by atoms with Crippen molar-refractivity contribution in [3.8, 4) is 0 Å². The summed E-state index contributed by atoms with van der Waals surface area (Å²) >= 11 is 0. The maximum Gasteiger partial charge on any atom is 0.0639 e. The maximum absolute atomic E-state index is 10.2. The van der Waals surface area contributed by atoms with Crippen LogP contribution in [0.4, 0.5) is 0 Å². The molecule has 2 heteroatoms. The molecule has 0 fully saturated rings. The lowest BCUT2D eigenvalue weighted by Crippen LogP contribution is -2.18. The minimum Gasteiger partial charge on any atom is -0.545 e. The van der Waals surface area contributed by atoms with Crippen molar-refractivity contribution in [2.45, 2.75) is 122 Å². The topological polar surface area (TPSA) is 40.1 Å². The number of rotatable bonds is 19. The highest BCUT2D eigenvalue weighted by molar-refractivity contribution is 5.77. The summed E-state index contributed by atoms with van der Waals surface area (Å²) in [5, 5.41) is 10.2. The molecule has 24 heavy (non-hydrogen) atoms. The quantitative estimate of drug-likeness (QED) is 0.204. The third-order valence-electron chi connectivity index (χ3n) is 4.73. The number of carbonyl (C=O) groups excluding carboxylic acids is 1. The predicted molar refractivity (Wildman–Crippen MR) is 103 cm³/mol. The monoisotopic (exact) mass is 337 g/mol. The van der Waals surface area contributed by atoms with Crippen LogP contribution in [0.2, 0.25) is 0 Å². The lowest BCUT2D eigenvalue weighted by molar-refractivity contribution is -0.297. The van der Waals surface area contributed by atoms with E-state index in [2.05, 4.69) is 6.92 Å². The van der Waals surface area contributed by atoms with Gasteiger partial charge in [-0.25, -0.2) is 0 Å². The number of aliphatic carboxylic acids is 1. The summed E-state index contributed by atoms with van der Waals surface area (Å²) in [6.07, 6.45) is 27.1. The molecule has 0 aliphatic heterocycles. The molecule has 0 saturated heterocycles. The van der Waals surface area contributed by atoms with Gasteiger partial charge < -0.3 is 9.90 Å². The number of unbranched alkanes of at least 4 members (excludes halogenated alkanes) is 17. The summed E-state index contributed by atoms with van der Waals surface area (Å²) < 4.78 is 0. The van der Waals surface area contributed by atoms with Gasteiger partial charge in [-0.2, -0.15) is 0 Å². The molecular weight excluding hydrogens is 296 g/mol. The Hall–Kier alpha value is -0.790. The first-order valence-corrected chi connectivity index (χ1v) is 10.6. The Morgan fingerprint density at radius 2 is 0.958 bits per heavy atom. The van der Waals surface area contributed by atoms with Crippen LogP contribution in [0.25, 0.3) is 0 Å². The zero-order valence-electron chi connectivity index (χ0n) is 16.2. The van der Waals surface area contributed by atoms with Crippen molar-refractivity contribution in [3.05, 3.63) is 12.2 Å². The maximum atomic E-state index is 10.2. The summed E-state index contributed by atoms with van der Waals surface area (Å²) in [5.74, 6) is -1.08. The summed E-state index contributed by atoms with van der Waals surface area (Å²) in [5.41, 5.74) is 0. The molecule has 0 spiro atoms. The molecule has 0 saturated carbocycles. The Labute approximate surface area is 151 Å². The molecule has 0 aliphatic rings. The van der Waals surface area contributed by atoms with Crippen LogP contribution in [0.5, 0.6) is 0 Å². The van der Waals surface area contributed by atoms with Gasteiger partial charge in [0.1, 0.15) is 0 Å². The molecule has 0 unspecified atom stereocenters. The molecule has 0 aliphatic carbocycles. The minimum absolute atomic E-state index is 0.868. The minimum atomic E-state index is -1.08. The number of carbonyl (C=O) groups is 1. The second-order valence-electron chi connectivity index (χ2n) is 7.17. The van der Waals surface area contributed by atoms with Gasteiger partial charge in [-0.05, 0) is 18.9 Å². The van der Waals surface area contributed by atoms with Crippen LogP contribution in [0.3, 0.4) is 0 Å². The smallest absolute Gasteiger partial charge is 0.0639 e. The largest absolute Gasteiger partial charge is 0.545 e. The van der Waals surface area contributed by atoms with Crippen LogP contribution in [-0.4, -0.2) is 5.97 Å². The average Bonchev–Trinajstić information content (AvgIpc) is 2.56. The molecule has 0 N–H and O–H groups in total. The van der Waals surface area contributed by atoms with Crippen molar-refractivity contribution in [3.63, 3.8) is 0 Å². The lowest BCUT2D eigenvalue weighted by atomic mass is 10.0. The normalized spacial score (nSPS) is 11.4. The first-order valence-electron chi connectivity index (χ1n) is 10.6. The Morgan fingerprint density at radius 1 is 0.625 bits per heavy atom. The van der Waals surface area contributed by atoms with Gasteiger partial charge in [0.15, 0.2) is 0 Å². The van der Waals surface area contributed by atoms with E-state index in [0.29, 0.717) is 0 Å². The average molecular weight is 338 g/mol. The molecule has 0 rings (SSSR count). The molecular formula is C22H41O2-. The van der Waals surface area contributed by atoms with Crippen molar-refractivity contribution in [2.24, 2.45) is 0 Å². The summed E-state index contributed by atoms with van der Waals surface area (Å²) in [6, 6.07) is 0. The fourth-order valence-electron chi connectivity index (χ4n) is 3.17. The summed E-state index contributed by atoms with van der Waals surface area (Å²) in [7, 11) is 0. The summed E-state index contributed by atoms with van der Waals surface area (Å²) in [6.45, 7) is 2.28. The number of allylic oxidation sites excluding steroid dienone is 1. The SMILES string of the molecule is CCCCCCCCCCCCCCCCCCC/C=C/C(=O)[O-]. The molecule has 0 aromatic carbocycles. The molecule has 0 heterocycles. The zero-order chi connectivity index (χ0) is 17.7. The van der Waals surface area contributed by atoms with E-state index in [1.54, 1.807) is 6.08 Å². The van der Waals surface area contributed by atoms with Gasteiger partial charge in [0.05, 0.1) is 5.97 Å². The fraction of sp³-hybridized carbons (Fsp3) is 0.864. The standard InChI is InChI=1S/C22H42O2/c1-2-3-4-5-6-7-8-9-10-11-12-13-14-15-16-17-18-19-20-21-22(23)24/h20-21H,2-19H2,1H3,(H,23,24)/p-1/b21-20+. The molecule has 2 nitrogen and oxygen atoms in total. The van der Waals surface area contributed by atoms with Gasteiger partial charge in [0, 0.05) is 0 Å². The van der Waals surface area contributed by atoms with Crippen molar-refractivity contribution < 1.29 is 9.90 Å². The fourth-order valence-corrected chi connectivity index (χ4v) is 3.17. The first kappa shape index (κ1) is 23.2. The van der Waals surface area contributed by atoms with Gasteiger partial charge in [-0.1, -0.05) is 116 Å². The molecule has 0 aromatic rings. The third kappa shape index (κ3) is 21.2. The van der Waals surface area contributed by atoms with Gasteiger partial charge in [-0.3, -0.25) is 0 Å². The van der Waals surface area contributed by atoms with Gasteiger partial charge in [0.25, 0.3) is 0 Å². The Kier molecular flexibility index (Phi) is 19.6. The second-order valence-corrected chi connectivity index (χ2v) is 7.17. The van der Waals surface area contributed by atoms with Gasteiger partial charge >= 0.3 is 0 Å². The molecule has 0 aromatic heterocycles. The van der Waals surface area contributed by atoms with Crippen LogP contribution < -0.4 is 5.11 Å². The van der Waals surface area contributed by atoms with Crippen molar-refractivity contribution in [1.29, 1.82) is 0 Å². The van der Waals surface area contributed by atoms with E-state index in [-0.39, 0.29) is 0 Å². The number of carboxylic acids is 1.